The molecule has 0 fully saturated rings. The summed E-state index contributed by atoms with van der Waals surface area (Å²) in [6, 6.07) is 0. The van der Waals surface area contributed by atoms with Crippen molar-refractivity contribution in [1.29, 1.82) is 0 Å². The van der Waals surface area contributed by atoms with Gasteiger partial charge in [-0.15, -0.1) is 0 Å². The molecule has 2 aromatic heterocycles. The number of anilines is 1. The van der Waals surface area contributed by atoms with Gasteiger partial charge in [0.2, 0.25) is 0 Å². The number of nitrogens with one attached hydrogen (secondary N) is 1. The number of imidazole rings is 1. The molecule has 2 heterocycles. The van der Waals surface area contributed by atoms with Crippen LogP contribution in [0.5, 0.6) is 0 Å². The summed E-state index contributed by atoms with van der Waals surface area (Å²) in [4.78, 5) is 18.6. The number of hydrogen-bond donors (Lipinski definition) is 2. The molecule has 2 N–H and O–H groups in total. The number of fused-ring (bicyclic) bond motifs is 1. The summed E-state index contributed by atoms with van der Waals surface area (Å²) in [6.07, 6.45) is 4.68. The van der Waals surface area contributed by atoms with Crippen molar-refractivity contribution in [1.82, 2.24) is 14.4 Å². The molecular formula is C8H8N4O2. The predicted molar refractivity (Wildman–Crippen MR) is 49.5 cm³/mol. The van der Waals surface area contributed by atoms with Crippen LogP contribution in [0, 0.1) is 0 Å². The fourth-order valence-corrected chi connectivity index (χ4v) is 1.20. The van der Waals surface area contributed by atoms with Crippen LogP contribution in [0.2, 0.25) is 0 Å². The zero-order chi connectivity index (χ0) is 10.1. The minimum atomic E-state index is -1.06. The molecule has 0 aliphatic rings. The molecule has 14 heavy (non-hydrogen) atoms. The van der Waals surface area contributed by atoms with Gasteiger partial charge in [-0.1, -0.05) is 0 Å². The van der Waals surface area contributed by atoms with Gasteiger partial charge in [-0.25, -0.2) is 14.8 Å². The van der Waals surface area contributed by atoms with E-state index in [-0.39, 0.29) is 5.69 Å². The number of nitrogens with zero attached hydrogens (tertiary/aromatic N) is 3. The maximum absolute atomic E-state index is 10.7. The van der Waals surface area contributed by atoms with E-state index in [0.29, 0.717) is 11.5 Å². The molecule has 0 aliphatic heterocycles. The van der Waals surface area contributed by atoms with Gasteiger partial charge in [-0.05, 0) is 0 Å². The minimum Gasteiger partial charge on any atom is -0.476 e. The van der Waals surface area contributed by atoms with E-state index in [1.165, 1.54) is 6.20 Å². The van der Waals surface area contributed by atoms with Crippen LogP contribution in [0.4, 0.5) is 5.82 Å². The third-order valence-electron chi connectivity index (χ3n) is 1.83. The molecule has 0 saturated carbocycles. The van der Waals surface area contributed by atoms with E-state index in [9.17, 15) is 4.79 Å². The molecule has 0 radical (unpaired) electrons. The van der Waals surface area contributed by atoms with Gasteiger partial charge in [-0.3, -0.25) is 0 Å². The van der Waals surface area contributed by atoms with Crippen molar-refractivity contribution in [2.24, 2.45) is 0 Å². The number of aromatic carboxylic acids is 1. The second-order valence-corrected chi connectivity index (χ2v) is 2.69. The highest BCUT2D eigenvalue weighted by Crippen LogP contribution is 2.12. The normalized spacial score (nSPS) is 10.4. The molecule has 0 saturated heterocycles. The van der Waals surface area contributed by atoms with Crippen molar-refractivity contribution in [2.45, 2.75) is 0 Å². The molecule has 0 unspecified atom stereocenters. The van der Waals surface area contributed by atoms with Gasteiger partial charge < -0.3 is 14.8 Å². The largest absolute Gasteiger partial charge is 0.476 e. The summed E-state index contributed by atoms with van der Waals surface area (Å²) in [5.74, 6) is -0.605. The van der Waals surface area contributed by atoms with Crippen molar-refractivity contribution in [3.63, 3.8) is 0 Å². The van der Waals surface area contributed by atoms with E-state index < -0.39 is 5.97 Å². The Balaban J connectivity index is 2.73. The molecule has 0 aromatic carbocycles. The number of carbonyl (C=O) groups is 1. The number of rotatable bonds is 2. The topological polar surface area (TPSA) is 79.5 Å². The first-order valence-electron chi connectivity index (χ1n) is 3.97. The van der Waals surface area contributed by atoms with Crippen molar-refractivity contribution >= 4 is 17.4 Å². The Kier molecular flexibility index (Phi) is 1.81. The van der Waals surface area contributed by atoms with Crippen molar-refractivity contribution in [3.8, 4) is 0 Å². The summed E-state index contributed by atoms with van der Waals surface area (Å²) in [5, 5.41) is 11.6. The smallest absolute Gasteiger partial charge is 0.356 e. The van der Waals surface area contributed by atoms with E-state index in [2.05, 4.69) is 15.3 Å². The van der Waals surface area contributed by atoms with Crippen LogP contribution in [0.15, 0.2) is 18.6 Å². The maximum Gasteiger partial charge on any atom is 0.356 e. The van der Waals surface area contributed by atoms with Gasteiger partial charge >= 0.3 is 5.97 Å². The van der Waals surface area contributed by atoms with Gasteiger partial charge in [-0.2, -0.15) is 0 Å². The first-order chi connectivity index (χ1) is 6.72. The van der Waals surface area contributed by atoms with E-state index >= 15 is 0 Å². The zero-order valence-corrected chi connectivity index (χ0v) is 7.43. The number of aromatic nitrogens is 3. The van der Waals surface area contributed by atoms with Crippen LogP contribution < -0.4 is 5.32 Å². The SMILES string of the molecule is CNc1nc(C(=O)O)cn2ccnc12. The third-order valence-corrected chi connectivity index (χ3v) is 1.83. The maximum atomic E-state index is 10.7. The Morgan fingerprint density at radius 1 is 1.64 bits per heavy atom. The Morgan fingerprint density at radius 2 is 2.43 bits per heavy atom. The van der Waals surface area contributed by atoms with Gasteiger partial charge in [0.15, 0.2) is 17.2 Å². The zero-order valence-electron chi connectivity index (χ0n) is 7.43. The summed E-state index contributed by atoms with van der Waals surface area (Å²) in [6.45, 7) is 0. The molecule has 2 rings (SSSR count). The van der Waals surface area contributed by atoms with Crippen LogP contribution in [-0.4, -0.2) is 32.5 Å². The predicted octanol–water partition coefficient (Wildman–Crippen LogP) is 0.469. The van der Waals surface area contributed by atoms with Gasteiger partial charge in [0.1, 0.15) is 0 Å². The number of carboxylic acid groups (broad SMARTS) is 1. The molecule has 2 aromatic rings. The molecule has 0 amide bonds. The monoisotopic (exact) mass is 192 g/mol. The highest BCUT2D eigenvalue weighted by atomic mass is 16.4. The summed E-state index contributed by atoms with van der Waals surface area (Å²) in [5.41, 5.74) is 0.595. The lowest BCUT2D eigenvalue weighted by molar-refractivity contribution is 0.0690. The Labute approximate surface area is 79.2 Å². The molecule has 6 heteroatoms. The highest BCUT2D eigenvalue weighted by Gasteiger charge is 2.10. The van der Waals surface area contributed by atoms with E-state index in [1.807, 2.05) is 0 Å². The number of hydrogen-bond acceptors (Lipinski definition) is 4. The van der Waals surface area contributed by atoms with E-state index in [0.717, 1.165) is 0 Å². The minimum absolute atomic E-state index is 0.0140. The summed E-state index contributed by atoms with van der Waals surface area (Å²) in [7, 11) is 1.67. The Hall–Kier alpha value is -2.11. The van der Waals surface area contributed by atoms with Crippen molar-refractivity contribution < 1.29 is 9.90 Å². The molecule has 6 nitrogen and oxygen atoms in total. The molecule has 0 atom stereocenters. The molecule has 0 spiro atoms. The summed E-state index contributed by atoms with van der Waals surface area (Å²) >= 11 is 0. The van der Waals surface area contributed by atoms with Crippen LogP contribution in [-0.2, 0) is 0 Å². The summed E-state index contributed by atoms with van der Waals surface area (Å²) < 4.78 is 1.61. The van der Waals surface area contributed by atoms with Gasteiger partial charge in [0.05, 0.1) is 0 Å². The molecule has 72 valence electrons. The fourth-order valence-electron chi connectivity index (χ4n) is 1.20. The van der Waals surface area contributed by atoms with Crippen molar-refractivity contribution in [3.05, 3.63) is 24.3 Å². The average Bonchev–Trinajstić information content (AvgIpc) is 2.63. The van der Waals surface area contributed by atoms with Crippen LogP contribution in [0.3, 0.4) is 0 Å². The second-order valence-electron chi connectivity index (χ2n) is 2.69. The van der Waals surface area contributed by atoms with Crippen LogP contribution in [0.1, 0.15) is 10.5 Å². The average molecular weight is 192 g/mol. The second kappa shape index (κ2) is 2.99. The quantitative estimate of drug-likeness (QED) is 0.723. The first kappa shape index (κ1) is 8.49. The third kappa shape index (κ3) is 1.17. The Morgan fingerprint density at radius 3 is 3.07 bits per heavy atom. The molecule has 0 bridgehead atoms. The highest BCUT2D eigenvalue weighted by molar-refractivity contribution is 5.86. The lowest BCUT2D eigenvalue weighted by Crippen LogP contribution is -2.06. The number of carboxylic acids is 1. The first-order valence-corrected chi connectivity index (χ1v) is 3.97. The Bertz CT molecular complexity index is 491. The van der Waals surface area contributed by atoms with E-state index in [4.69, 9.17) is 5.11 Å². The van der Waals surface area contributed by atoms with Gasteiger partial charge in [0, 0.05) is 25.6 Å². The van der Waals surface area contributed by atoms with Crippen LogP contribution in [0.25, 0.3) is 5.65 Å². The molecule has 0 aliphatic carbocycles. The van der Waals surface area contributed by atoms with Crippen LogP contribution >= 0.6 is 0 Å². The lowest BCUT2D eigenvalue weighted by Gasteiger charge is -2.03. The fraction of sp³-hybridized carbons (Fsp3) is 0.125. The van der Waals surface area contributed by atoms with Crippen molar-refractivity contribution in [2.75, 3.05) is 12.4 Å². The molecular weight excluding hydrogens is 184 g/mol. The standard InChI is InChI=1S/C8H8N4O2/c1-9-6-7-10-2-3-12(7)4-5(11-6)8(13)14/h2-4H,1H3,(H,9,11)(H,13,14). The van der Waals surface area contributed by atoms with E-state index in [1.54, 1.807) is 23.8 Å². The van der Waals surface area contributed by atoms with Gasteiger partial charge in [0.25, 0.3) is 0 Å². The lowest BCUT2D eigenvalue weighted by atomic mass is 10.4.